The third-order valence-electron chi connectivity index (χ3n) is 2.57. The quantitative estimate of drug-likeness (QED) is 0.248. The first-order chi connectivity index (χ1) is 10.7. The Morgan fingerprint density at radius 1 is 1.22 bits per heavy atom. The van der Waals surface area contributed by atoms with Crippen molar-refractivity contribution >= 4 is 16.1 Å². The summed E-state index contributed by atoms with van der Waals surface area (Å²) in [6.45, 7) is 1.50. The molecule has 0 unspecified atom stereocenters. The highest BCUT2D eigenvalue weighted by atomic mass is 32.2. The normalized spacial score (nSPS) is 12.8. The molecule has 1 aromatic rings. The largest absolute Gasteiger partial charge is 0.534 e. The Bertz CT molecular complexity index is 651. The van der Waals surface area contributed by atoms with Gasteiger partial charge in [0.25, 0.3) is 0 Å². The molecular weight excluding hydrogens is 337 g/mol. The van der Waals surface area contributed by atoms with Gasteiger partial charge < -0.3 is 8.92 Å². The molecule has 1 aromatic carbocycles. The van der Waals surface area contributed by atoms with Gasteiger partial charge in [-0.05, 0) is 18.9 Å². The van der Waals surface area contributed by atoms with Crippen LogP contribution in [-0.4, -0.2) is 26.5 Å². The molecule has 0 aliphatic heterocycles. The molecule has 0 aliphatic carbocycles. The number of benzene rings is 1. The molecule has 0 aromatic heterocycles. The van der Waals surface area contributed by atoms with Gasteiger partial charge in [0, 0.05) is 6.42 Å². The van der Waals surface area contributed by atoms with E-state index in [2.05, 4.69) is 8.92 Å². The number of allylic oxidation sites excluding steroid dienone is 1. The minimum Gasteiger partial charge on any atom is -0.463 e. The van der Waals surface area contributed by atoms with Crippen LogP contribution in [0.15, 0.2) is 42.2 Å². The van der Waals surface area contributed by atoms with E-state index >= 15 is 0 Å². The van der Waals surface area contributed by atoms with Crippen molar-refractivity contribution in [1.82, 2.24) is 0 Å². The Kier molecular flexibility index (Phi) is 6.62. The first-order valence-electron chi connectivity index (χ1n) is 6.57. The molecular formula is C14H15F3O5S. The predicted molar refractivity (Wildman–Crippen MR) is 75.5 cm³/mol. The summed E-state index contributed by atoms with van der Waals surface area (Å²) >= 11 is 0. The van der Waals surface area contributed by atoms with Gasteiger partial charge in [0.1, 0.15) is 5.76 Å². The summed E-state index contributed by atoms with van der Waals surface area (Å²) in [6.07, 6.45) is 0.591. The standard InChI is InChI=1S/C14H15F3O5S/c1-2-21-13(18)10-12(22-23(19,20)14(15,16)17)9-8-11-6-4-3-5-7-11/h3-7,10H,2,8-9H2,1H3/b12-10-. The summed E-state index contributed by atoms with van der Waals surface area (Å²) in [6, 6.07) is 8.61. The molecule has 0 aliphatic rings. The maximum atomic E-state index is 12.4. The van der Waals surface area contributed by atoms with E-state index in [4.69, 9.17) is 0 Å². The number of alkyl halides is 3. The van der Waals surface area contributed by atoms with E-state index in [-0.39, 0.29) is 19.4 Å². The minimum absolute atomic E-state index is 0.00663. The molecule has 0 N–H and O–H groups in total. The summed E-state index contributed by atoms with van der Waals surface area (Å²) in [7, 11) is -5.84. The van der Waals surface area contributed by atoms with Crippen LogP contribution in [-0.2, 0) is 30.3 Å². The van der Waals surface area contributed by atoms with Crippen LogP contribution in [0.5, 0.6) is 0 Å². The number of hydrogen-bond donors (Lipinski definition) is 0. The summed E-state index contributed by atoms with van der Waals surface area (Å²) in [5.74, 6) is -1.61. The highest BCUT2D eigenvalue weighted by Crippen LogP contribution is 2.27. The third-order valence-corrected chi connectivity index (χ3v) is 3.57. The zero-order chi connectivity index (χ0) is 17.5. The number of hydrogen-bond acceptors (Lipinski definition) is 5. The van der Waals surface area contributed by atoms with Crippen molar-refractivity contribution in [3.63, 3.8) is 0 Å². The molecule has 0 spiro atoms. The van der Waals surface area contributed by atoms with E-state index in [1.54, 1.807) is 30.3 Å². The van der Waals surface area contributed by atoms with E-state index in [0.29, 0.717) is 6.08 Å². The lowest BCUT2D eigenvalue weighted by atomic mass is 10.1. The summed E-state index contributed by atoms with van der Waals surface area (Å²) in [5, 5.41) is 0. The van der Waals surface area contributed by atoms with Gasteiger partial charge in [0.15, 0.2) is 0 Å². The van der Waals surface area contributed by atoms with Crippen LogP contribution in [0.25, 0.3) is 0 Å². The fourth-order valence-corrected chi connectivity index (χ4v) is 2.06. The molecule has 0 amide bonds. The molecule has 0 atom stereocenters. The minimum atomic E-state index is -5.84. The summed E-state index contributed by atoms with van der Waals surface area (Å²) in [4.78, 5) is 11.3. The molecule has 9 heteroatoms. The van der Waals surface area contributed by atoms with Gasteiger partial charge in [-0.2, -0.15) is 21.6 Å². The first-order valence-corrected chi connectivity index (χ1v) is 7.98. The Balaban J connectivity index is 2.92. The lowest BCUT2D eigenvalue weighted by molar-refractivity contribution is -0.137. The van der Waals surface area contributed by atoms with Gasteiger partial charge in [0.05, 0.1) is 12.7 Å². The molecule has 0 saturated heterocycles. The van der Waals surface area contributed by atoms with Crippen molar-refractivity contribution in [3.05, 3.63) is 47.7 Å². The summed E-state index contributed by atoms with van der Waals surface area (Å²) < 4.78 is 67.9. The molecule has 1 rings (SSSR count). The Hall–Kier alpha value is -2.03. The van der Waals surface area contributed by atoms with Crippen LogP contribution in [0.3, 0.4) is 0 Å². The monoisotopic (exact) mass is 352 g/mol. The zero-order valence-electron chi connectivity index (χ0n) is 12.2. The molecule has 0 heterocycles. The van der Waals surface area contributed by atoms with E-state index < -0.39 is 27.4 Å². The van der Waals surface area contributed by atoms with Gasteiger partial charge in [-0.25, -0.2) is 4.79 Å². The topological polar surface area (TPSA) is 69.7 Å². The van der Waals surface area contributed by atoms with E-state index in [9.17, 15) is 26.4 Å². The molecule has 0 saturated carbocycles. The predicted octanol–water partition coefficient (Wildman–Crippen LogP) is 2.93. The van der Waals surface area contributed by atoms with Crippen LogP contribution >= 0.6 is 0 Å². The maximum Gasteiger partial charge on any atom is 0.534 e. The van der Waals surface area contributed by atoms with E-state index in [1.807, 2.05) is 0 Å². The SMILES string of the molecule is CCOC(=O)/C=C(/CCc1ccccc1)OS(=O)(=O)C(F)(F)F. The van der Waals surface area contributed by atoms with E-state index in [1.165, 1.54) is 6.92 Å². The van der Waals surface area contributed by atoms with Gasteiger partial charge in [-0.15, -0.1) is 0 Å². The van der Waals surface area contributed by atoms with Crippen LogP contribution < -0.4 is 0 Å². The number of aryl methyl sites for hydroxylation is 1. The van der Waals surface area contributed by atoms with Crippen molar-refractivity contribution in [1.29, 1.82) is 0 Å². The smallest absolute Gasteiger partial charge is 0.463 e. The maximum absolute atomic E-state index is 12.4. The van der Waals surface area contributed by atoms with Crippen LogP contribution in [0.2, 0.25) is 0 Å². The lowest BCUT2D eigenvalue weighted by Gasteiger charge is -2.12. The number of rotatable bonds is 7. The number of carbonyl (C=O) groups excluding carboxylic acids is 1. The number of halogens is 3. The second-order valence-electron chi connectivity index (χ2n) is 4.33. The van der Waals surface area contributed by atoms with Crippen LogP contribution in [0, 0.1) is 0 Å². The molecule has 128 valence electrons. The van der Waals surface area contributed by atoms with Crippen molar-refractivity contribution < 1.29 is 35.3 Å². The molecule has 0 bridgehead atoms. The Labute approximate surface area is 131 Å². The van der Waals surface area contributed by atoms with E-state index in [0.717, 1.165) is 5.56 Å². The second-order valence-corrected chi connectivity index (χ2v) is 5.87. The highest BCUT2D eigenvalue weighted by molar-refractivity contribution is 7.87. The Morgan fingerprint density at radius 2 is 1.83 bits per heavy atom. The first kappa shape index (κ1) is 19.0. The number of esters is 1. The summed E-state index contributed by atoms with van der Waals surface area (Å²) in [5.41, 5.74) is -4.83. The van der Waals surface area contributed by atoms with Gasteiger partial charge in [0.2, 0.25) is 0 Å². The third kappa shape index (κ3) is 6.31. The average molecular weight is 352 g/mol. The highest BCUT2D eigenvalue weighted by Gasteiger charge is 2.48. The lowest BCUT2D eigenvalue weighted by Crippen LogP contribution is -2.25. The second kappa shape index (κ2) is 8.00. The van der Waals surface area contributed by atoms with Crippen molar-refractivity contribution in [3.8, 4) is 0 Å². The van der Waals surface area contributed by atoms with Crippen LogP contribution in [0.1, 0.15) is 18.9 Å². The molecule has 5 nitrogen and oxygen atoms in total. The zero-order valence-corrected chi connectivity index (χ0v) is 13.0. The van der Waals surface area contributed by atoms with Gasteiger partial charge >= 0.3 is 21.6 Å². The average Bonchev–Trinajstić information content (AvgIpc) is 2.44. The fourth-order valence-electron chi connectivity index (χ4n) is 1.55. The fraction of sp³-hybridized carbons (Fsp3) is 0.357. The molecule has 0 fully saturated rings. The van der Waals surface area contributed by atoms with Crippen molar-refractivity contribution in [2.45, 2.75) is 25.3 Å². The van der Waals surface area contributed by atoms with Crippen LogP contribution in [0.4, 0.5) is 13.2 Å². The van der Waals surface area contributed by atoms with Gasteiger partial charge in [-0.1, -0.05) is 30.3 Å². The Morgan fingerprint density at radius 3 is 2.35 bits per heavy atom. The molecule has 23 heavy (non-hydrogen) atoms. The molecule has 0 radical (unpaired) electrons. The number of ether oxygens (including phenoxy) is 1. The van der Waals surface area contributed by atoms with Crippen molar-refractivity contribution in [2.24, 2.45) is 0 Å². The van der Waals surface area contributed by atoms with Crippen molar-refractivity contribution in [2.75, 3.05) is 6.61 Å². The van der Waals surface area contributed by atoms with Gasteiger partial charge in [-0.3, -0.25) is 0 Å². The number of carbonyl (C=O) groups is 1.